The standard InChI is InChI=1S/C14H8ClF3N2O2S.C5H9NO/c1-2-7-3-10(23-12(7)15)13(21)19-8-4-9(16)14(22)20(5-8)6-11(17)18;7-5-3-1-2-4-6-5/h1,3-5,11H,6H2,(H,19,21);1-4H2,(H,6,7). The van der Waals surface area contributed by atoms with Crippen molar-refractivity contribution >= 4 is 40.4 Å². The summed E-state index contributed by atoms with van der Waals surface area (Å²) in [7, 11) is 0. The van der Waals surface area contributed by atoms with E-state index in [-0.39, 0.29) is 20.8 Å². The zero-order chi connectivity index (χ0) is 22.3. The molecular weight excluding hydrogens is 443 g/mol. The van der Waals surface area contributed by atoms with Gasteiger partial charge in [-0.3, -0.25) is 14.4 Å². The summed E-state index contributed by atoms with van der Waals surface area (Å²) in [6.07, 6.45) is 6.27. The Morgan fingerprint density at radius 2 is 2.10 bits per heavy atom. The van der Waals surface area contributed by atoms with Crippen LogP contribution < -0.4 is 16.2 Å². The molecule has 0 atom stereocenters. The molecule has 0 unspecified atom stereocenters. The molecule has 6 nitrogen and oxygen atoms in total. The average Bonchev–Trinajstić information content (AvgIpc) is 3.07. The number of anilines is 1. The Morgan fingerprint density at radius 1 is 1.37 bits per heavy atom. The Hall–Kier alpha value is -2.77. The second kappa shape index (κ2) is 10.8. The molecule has 0 saturated carbocycles. The minimum Gasteiger partial charge on any atom is -0.356 e. The largest absolute Gasteiger partial charge is 0.356 e. The summed E-state index contributed by atoms with van der Waals surface area (Å²) in [5.41, 5.74) is -1.01. The van der Waals surface area contributed by atoms with E-state index < -0.39 is 30.3 Å². The molecule has 1 fully saturated rings. The van der Waals surface area contributed by atoms with E-state index in [4.69, 9.17) is 18.0 Å². The van der Waals surface area contributed by atoms with E-state index in [2.05, 4.69) is 16.6 Å². The molecule has 0 bridgehead atoms. The van der Waals surface area contributed by atoms with Crippen LogP contribution in [0.25, 0.3) is 0 Å². The molecule has 2 amide bonds. The van der Waals surface area contributed by atoms with Gasteiger partial charge in [0.2, 0.25) is 5.91 Å². The molecule has 0 aromatic carbocycles. The number of thiophene rings is 1. The Balaban J connectivity index is 0.000000386. The van der Waals surface area contributed by atoms with E-state index in [1.807, 2.05) is 0 Å². The van der Waals surface area contributed by atoms with E-state index in [0.29, 0.717) is 10.1 Å². The number of piperidine rings is 1. The minimum absolute atomic E-state index is 0.139. The number of carbonyl (C=O) groups is 2. The lowest BCUT2D eigenvalue weighted by Crippen LogP contribution is -2.28. The van der Waals surface area contributed by atoms with Gasteiger partial charge in [-0.15, -0.1) is 17.8 Å². The molecule has 1 saturated heterocycles. The predicted octanol–water partition coefficient (Wildman–Crippen LogP) is 3.49. The van der Waals surface area contributed by atoms with Crippen LogP contribution in [-0.4, -0.2) is 29.4 Å². The van der Waals surface area contributed by atoms with Crippen molar-refractivity contribution in [3.8, 4) is 12.3 Å². The second-order valence-electron chi connectivity index (χ2n) is 6.13. The number of halogens is 4. The molecule has 30 heavy (non-hydrogen) atoms. The van der Waals surface area contributed by atoms with Crippen LogP contribution in [0.2, 0.25) is 4.34 Å². The van der Waals surface area contributed by atoms with Crippen LogP contribution in [0.1, 0.15) is 34.5 Å². The molecule has 160 valence electrons. The van der Waals surface area contributed by atoms with Crippen LogP contribution in [0, 0.1) is 18.2 Å². The molecule has 3 rings (SSSR count). The first-order valence-electron chi connectivity index (χ1n) is 8.73. The van der Waals surface area contributed by atoms with Gasteiger partial charge < -0.3 is 15.2 Å². The maximum atomic E-state index is 13.5. The first kappa shape index (κ1) is 23.5. The number of hydrogen-bond acceptors (Lipinski definition) is 4. The molecule has 1 aliphatic rings. The van der Waals surface area contributed by atoms with Gasteiger partial charge in [-0.25, -0.2) is 13.2 Å². The van der Waals surface area contributed by atoms with E-state index in [1.165, 1.54) is 6.07 Å². The summed E-state index contributed by atoms with van der Waals surface area (Å²) in [5.74, 6) is 0.600. The van der Waals surface area contributed by atoms with E-state index in [9.17, 15) is 27.6 Å². The lowest BCUT2D eigenvalue weighted by atomic mass is 10.2. The van der Waals surface area contributed by atoms with Crippen molar-refractivity contribution in [2.24, 2.45) is 0 Å². The summed E-state index contributed by atoms with van der Waals surface area (Å²) < 4.78 is 39.0. The van der Waals surface area contributed by atoms with Crippen LogP contribution >= 0.6 is 22.9 Å². The zero-order valence-electron chi connectivity index (χ0n) is 15.5. The normalized spacial score (nSPS) is 13.1. The van der Waals surface area contributed by atoms with Gasteiger partial charge >= 0.3 is 0 Å². The predicted molar refractivity (Wildman–Crippen MR) is 109 cm³/mol. The number of aromatic nitrogens is 1. The quantitative estimate of drug-likeness (QED) is 0.687. The van der Waals surface area contributed by atoms with Gasteiger partial charge in [0.05, 0.1) is 22.7 Å². The zero-order valence-corrected chi connectivity index (χ0v) is 17.1. The number of pyridine rings is 1. The van der Waals surface area contributed by atoms with Crippen molar-refractivity contribution in [2.75, 3.05) is 11.9 Å². The van der Waals surface area contributed by atoms with Crippen molar-refractivity contribution < 1.29 is 22.8 Å². The van der Waals surface area contributed by atoms with E-state index in [0.717, 1.165) is 49.4 Å². The van der Waals surface area contributed by atoms with Gasteiger partial charge in [0, 0.05) is 25.2 Å². The molecule has 0 spiro atoms. The highest BCUT2D eigenvalue weighted by Crippen LogP contribution is 2.27. The Morgan fingerprint density at radius 3 is 2.60 bits per heavy atom. The average molecular weight is 460 g/mol. The van der Waals surface area contributed by atoms with Gasteiger partial charge in [-0.2, -0.15) is 0 Å². The smallest absolute Gasteiger partial charge is 0.286 e. The van der Waals surface area contributed by atoms with Crippen molar-refractivity contribution in [3.05, 3.63) is 49.3 Å². The van der Waals surface area contributed by atoms with Gasteiger partial charge in [-0.1, -0.05) is 17.5 Å². The molecule has 0 radical (unpaired) electrons. The summed E-state index contributed by atoms with van der Waals surface area (Å²) in [4.78, 5) is 34.0. The first-order valence-corrected chi connectivity index (χ1v) is 9.92. The summed E-state index contributed by atoms with van der Waals surface area (Å²) in [5, 5.41) is 5.05. The van der Waals surface area contributed by atoms with Crippen LogP contribution in [0.4, 0.5) is 18.9 Å². The lowest BCUT2D eigenvalue weighted by Gasteiger charge is -2.09. The Bertz CT molecular complexity index is 1020. The fourth-order valence-corrected chi connectivity index (χ4v) is 3.55. The fraction of sp³-hybridized carbons (Fsp3) is 0.316. The number of nitrogens with zero attached hydrogens (tertiary/aromatic N) is 1. The maximum absolute atomic E-state index is 13.5. The number of amides is 2. The number of carbonyl (C=O) groups excluding carboxylic acids is 2. The van der Waals surface area contributed by atoms with Gasteiger partial charge in [-0.05, 0) is 18.9 Å². The monoisotopic (exact) mass is 459 g/mol. The third-order valence-corrected chi connectivity index (χ3v) is 5.21. The van der Waals surface area contributed by atoms with Crippen molar-refractivity contribution in [1.29, 1.82) is 0 Å². The van der Waals surface area contributed by atoms with Gasteiger partial charge in [0.1, 0.15) is 4.34 Å². The number of rotatable bonds is 4. The molecule has 0 aliphatic carbocycles. The summed E-state index contributed by atoms with van der Waals surface area (Å²) in [6, 6.07) is 2.12. The number of nitrogens with one attached hydrogen (secondary N) is 2. The number of hydrogen-bond donors (Lipinski definition) is 2. The highest BCUT2D eigenvalue weighted by Gasteiger charge is 2.16. The molecule has 2 N–H and O–H groups in total. The third kappa shape index (κ3) is 6.64. The van der Waals surface area contributed by atoms with Crippen LogP contribution in [0.15, 0.2) is 23.1 Å². The van der Waals surface area contributed by atoms with E-state index >= 15 is 0 Å². The van der Waals surface area contributed by atoms with Gasteiger partial charge in [0.15, 0.2) is 5.82 Å². The molecule has 11 heteroatoms. The van der Waals surface area contributed by atoms with Crippen molar-refractivity contribution in [2.45, 2.75) is 32.2 Å². The second-order valence-corrected chi connectivity index (χ2v) is 7.78. The lowest BCUT2D eigenvalue weighted by molar-refractivity contribution is -0.122. The van der Waals surface area contributed by atoms with Crippen molar-refractivity contribution in [1.82, 2.24) is 9.88 Å². The maximum Gasteiger partial charge on any atom is 0.286 e. The number of alkyl halides is 2. The van der Waals surface area contributed by atoms with Crippen LogP contribution in [0.5, 0.6) is 0 Å². The highest BCUT2D eigenvalue weighted by atomic mass is 35.5. The SMILES string of the molecule is C#Cc1cc(C(=O)Nc2cc(F)c(=O)n(CC(F)F)c2)sc1Cl.O=C1CCCCN1. The Labute approximate surface area is 179 Å². The third-order valence-electron chi connectivity index (χ3n) is 3.85. The molecular formula is C19H17ClF3N3O3S. The fourth-order valence-electron chi connectivity index (χ4n) is 2.45. The molecule has 2 aromatic rings. The number of terminal acetylenes is 1. The highest BCUT2D eigenvalue weighted by molar-refractivity contribution is 7.18. The van der Waals surface area contributed by atoms with Crippen LogP contribution in [0.3, 0.4) is 0 Å². The summed E-state index contributed by atoms with van der Waals surface area (Å²) in [6.45, 7) is -0.0929. The molecule has 3 heterocycles. The summed E-state index contributed by atoms with van der Waals surface area (Å²) >= 11 is 6.74. The Kier molecular flexibility index (Phi) is 8.50. The molecule has 1 aliphatic heterocycles. The van der Waals surface area contributed by atoms with Crippen molar-refractivity contribution in [3.63, 3.8) is 0 Å². The first-order chi connectivity index (χ1) is 14.2. The van der Waals surface area contributed by atoms with Crippen LogP contribution in [-0.2, 0) is 11.3 Å². The minimum atomic E-state index is -2.84. The topological polar surface area (TPSA) is 80.2 Å². The van der Waals surface area contributed by atoms with Gasteiger partial charge in [0.25, 0.3) is 17.9 Å². The van der Waals surface area contributed by atoms with E-state index in [1.54, 1.807) is 0 Å². The molecule has 2 aromatic heterocycles.